The van der Waals surface area contributed by atoms with Crippen molar-refractivity contribution in [2.45, 2.75) is 19.5 Å². The second kappa shape index (κ2) is 5.37. The van der Waals surface area contributed by atoms with E-state index in [0.29, 0.717) is 16.1 Å². The van der Waals surface area contributed by atoms with Gasteiger partial charge in [0.05, 0.1) is 0 Å². The molecule has 0 spiro atoms. The Morgan fingerprint density at radius 3 is 2.62 bits per heavy atom. The Kier molecular flexibility index (Phi) is 4.09. The molecule has 1 aliphatic heterocycles. The van der Waals surface area contributed by atoms with Gasteiger partial charge in [0, 0.05) is 42.3 Å². The molecule has 1 atom stereocenters. The number of rotatable bonds is 2. The highest BCUT2D eigenvalue weighted by molar-refractivity contribution is 6.34. The van der Waals surface area contributed by atoms with Crippen LogP contribution in [0, 0.1) is 0 Å². The molecule has 0 aliphatic carbocycles. The molecule has 0 aromatic heterocycles. The summed E-state index contributed by atoms with van der Waals surface area (Å²) in [6.45, 7) is 6.33. The summed E-state index contributed by atoms with van der Waals surface area (Å²) < 4.78 is 0. The Hall–Kier alpha value is -0.280. The van der Waals surface area contributed by atoms with Crippen LogP contribution in [-0.4, -0.2) is 30.6 Å². The van der Waals surface area contributed by atoms with Crippen molar-refractivity contribution in [3.8, 4) is 0 Å². The summed E-state index contributed by atoms with van der Waals surface area (Å²) >= 11 is 12.0. The van der Waals surface area contributed by atoms with Gasteiger partial charge in [-0.05, 0) is 30.7 Å². The third-order valence-corrected chi connectivity index (χ3v) is 3.22. The highest BCUT2D eigenvalue weighted by Crippen LogP contribution is 2.20. The van der Waals surface area contributed by atoms with Crippen LogP contribution in [0.4, 0.5) is 0 Å². The van der Waals surface area contributed by atoms with Gasteiger partial charge in [-0.2, -0.15) is 0 Å². The molecular weight excluding hydrogens is 243 g/mol. The number of piperazine rings is 1. The van der Waals surface area contributed by atoms with Crippen molar-refractivity contribution in [2.24, 2.45) is 0 Å². The largest absolute Gasteiger partial charge is 0.312 e. The van der Waals surface area contributed by atoms with Gasteiger partial charge in [0.2, 0.25) is 0 Å². The molecule has 1 aromatic carbocycles. The molecule has 1 unspecified atom stereocenters. The zero-order valence-electron chi connectivity index (χ0n) is 9.34. The molecule has 4 heteroatoms. The van der Waals surface area contributed by atoms with E-state index in [-0.39, 0.29) is 0 Å². The van der Waals surface area contributed by atoms with Crippen molar-refractivity contribution in [3.63, 3.8) is 0 Å². The molecule has 1 aliphatic rings. The zero-order valence-corrected chi connectivity index (χ0v) is 10.9. The van der Waals surface area contributed by atoms with Crippen LogP contribution >= 0.6 is 23.2 Å². The van der Waals surface area contributed by atoms with Gasteiger partial charge in [-0.3, -0.25) is 4.90 Å². The second-order valence-corrected chi connectivity index (χ2v) is 5.24. The van der Waals surface area contributed by atoms with Crippen molar-refractivity contribution in [2.75, 3.05) is 19.6 Å². The van der Waals surface area contributed by atoms with Gasteiger partial charge in [0.1, 0.15) is 0 Å². The summed E-state index contributed by atoms with van der Waals surface area (Å²) in [5.41, 5.74) is 1.19. The maximum absolute atomic E-state index is 5.98. The smallest absolute Gasteiger partial charge is 0.0424 e. The lowest BCUT2D eigenvalue weighted by molar-refractivity contribution is 0.199. The number of hydrogen-bond donors (Lipinski definition) is 1. The lowest BCUT2D eigenvalue weighted by Gasteiger charge is -2.31. The third kappa shape index (κ3) is 3.36. The summed E-state index contributed by atoms with van der Waals surface area (Å²) in [7, 11) is 0. The normalized spacial score (nSPS) is 22.3. The number of halogens is 2. The Balaban J connectivity index is 2.02. The van der Waals surface area contributed by atoms with Crippen LogP contribution in [0.15, 0.2) is 18.2 Å². The average molecular weight is 259 g/mol. The van der Waals surface area contributed by atoms with Crippen LogP contribution in [0.25, 0.3) is 0 Å². The minimum absolute atomic E-state index is 0.559. The first-order valence-corrected chi connectivity index (χ1v) is 6.30. The van der Waals surface area contributed by atoms with Gasteiger partial charge in [-0.25, -0.2) is 0 Å². The van der Waals surface area contributed by atoms with E-state index in [9.17, 15) is 0 Å². The van der Waals surface area contributed by atoms with E-state index in [4.69, 9.17) is 23.2 Å². The summed E-state index contributed by atoms with van der Waals surface area (Å²) in [5.74, 6) is 0. The first-order valence-electron chi connectivity index (χ1n) is 5.54. The van der Waals surface area contributed by atoms with Crippen molar-refractivity contribution in [1.82, 2.24) is 10.2 Å². The molecule has 0 bridgehead atoms. The molecule has 1 N–H and O–H groups in total. The minimum Gasteiger partial charge on any atom is -0.312 e. The SMILES string of the molecule is CC1CN(Cc2cc(Cl)cc(Cl)c2)CCN1. The van der Waals surface area contributed by atoms with Crippen molar-refractivity contribution in [3.05, 3.63) is 33.8 Å². The Bertz CT molecular complexity index is 348. The van der Waals surface area contributed by atoms with E-state index >= 15 is 0 Å². The van der Waals surface area contributed by atoms with E-state index < -0.39 is 0 Å². The molecule has 1 aromatic rings. The summed E-state index contributed by atoms with van der Waals surface area (Å²) in [6.07, 6.45) is 0. The number of hydrogen-bond acceptors (Lipinski definition) is 2. The molecule has 88 valence electrons. The lowest BCUT2D eigenvalue weighted by atomic mass is 10.1. The number of nitrogens with zero attached hydrogens (tertiary/aromatic N) is 1. The fraction of sp³-hybridized carbons (Fsp3) is 0.500. The highest BCUT2D eigenvalue weighted by atomic mass is 35.5. The topological polar surface area (TPSA) is 15.3 Å². The Morgan fingerprint density at radius 1 is 1.31 bits per heavy atom. The van der Waals surface area contributed by atoms with Crippen LogP contribution in [-0.2, 0) is 6.54 Å². The first-order chi connectivity index (χ1) is 7.63. The molecule has 2 nitrogen and oxygen atoms in total. The van der Waals surface area contributed by atoms with E-state index in [1.54, 1.807) is 6.07 Å². The van der Waals surface area contributed by atoms with E-state index in [1.807, 2.05) is 12.1 Å². The predicted octanol–water partition coefficient (Wildman–Crippen LogP) is 2.79. The zero-order chi connectivity index (χ0) is 11.5. The lowest BCUT2D eigenvalue weighted by Crippen LogP contribution is -2.48. The van der Waals surface area contributed by atoms with Gasteiger partial charge in [-0.1, -0.05) is 23.2 Å². The van der Waals surface area contributed by atoms with Gasteiger partial charge in [0.25, 0.3) is 0 Å². The standard InChI is InChI=1S/C12H16Cl2N2/c1-9-7-16(3-2-15-9)8-10-4-11(13)6-12(14)5-10/h4-6,9,15H,2-3,7-8H2,1H3. The molecule has 1 heterocycles. The average Bonchev–Trinajstić information content (AvgIpc) is 2.15. The van der Waals surface area contributed by atoms with Crippen molar-refractivity contribution in [1.29, 1.82) is 0 Å². The van der Waals surface area contributed by atoms with Gasteiger partial charge >= 0.3 is 0 Å². The maximum Gasteiger partial charge on any atom is 0.0424 e. The maximum atomic E-state index is 5.98. The number of nitrogens with one attached hydrogen (secondary N) is 1. The van der Waals surface area contributed by atoms with Gasteiger partial charge in [-0.15, -0.1) is 0 Å². The Morgan fingerprint density at radius 2 is 2.00 bits per heavy atom. The first kappa shape index (κ1) is 12.2. The fourth-order valence-corrected chi connectivity index (χ4v) is 2.69. The second-order valence-electron chi connectivity index (χ2n) is 4.37. The van der Waals surface area contributed by atoms with Crippen LogP contribution in [0.1, 0.15) is 12.5 Å². The van der Waals surface area contributed by atoms with Gasteiger partial charge < -0.3 is 5.32 Å². The molecular formula is C12H16Cl2N2. The molecule has 16 heavy (non-hydrogen) atoms. The van der Waals surface area contributed by atoms with Crippen LogP contribution in [0.5, 0.6) is 0 Å². The van der Waals surface area contributed by atoms with Crippen molar-refractivity contribution >= 4 is 23.2 Å². The summed E-state index contributed by atoms with van der Waals surface area (Å²) in [4.78, 5) is 2.42. The summed E-state index contributed by atoms with van der Waals surface area (Å²) in [5, 5.41) is 4.85. The number of benzene rings is 1. The third-order valence-electron chi connectivity index (χ3n) is 2.78. The fourth-order valence-electron chi connectivity index (χ4n) is 2.12. The molecule has 2 rings (SSSR count). The Labute approximate surface area is 107 Å². The molecule has 0 amide bonds. The van der Waals surface area contributed by atoms with Crippen molar-refractivity contribution < 1.29 is 0 Å². The van der Waals surface area contributed by atoms with Crippen LogP contribution in [0.3, 0.4) is 0 Å². The van der Waals surface area contributed by atoms with Gasteiger partial charge in [0.15, 0.2) is 0 Å². The molecule has 0 radical (unpaired) electrons. The summed E-state index contributed by atoms with van der Waals surface area (Å²) in [6, 6.07) is 6.30. The van der Waals surface area contributed by atoms with Crippen LogP contribution < -0.4 is 5.32 Å². The van der Waals surface area contributed by atoms with E-state index in [2.05, 4.69) is 17.1 Å². The predicted molar refractivity (Wildman–Crippen MR) is 69.2 cm³/mol. The minimum atomic E-state index is 0.559. The molecule has 1 fully saturated rings. The monoisotopic (exact) mass is 258 g/mol. The quantitative estimate of drug-likeness (QED) is 0.878. The van der Waals surface area contributed by atoms with E-state index in [0.717, 1.165) is 26.2 Å². The highest BCUT2D eigenvalue weighted by Gasteiger charge is 2.15. The van der Waals surface area contributed by atoms with Crippen LogP contribution in [0.2, 0.25) is 10.0 Å². The van der Waals surface area contributed by atoms with E-state index in [1.165, 1.54) is 5.56 Å². The molecule has 1 saturated heterocycles. The molecule has 0 saturated carbocycles.